The highest BCUT2D eigenvalue weighted by Crippen LogP contribution is 2.31. The molecule has 0 spiro atoms. The van der Waals surface area contributed by atoms with Crippen molar-refractivity contribution < 1.29 is 4.74 Å². The second-order valence-corrected chi connectivity index (χ2v) is 5.67. The summed E-state index contributed by atoms with van der Waals surface area (Å²) in [6, 6.07) is 4.48. The first-order chi connectivity index (χ1) is 8.75. The molecule has 1 fully saturated rings. The second-order valence-electron chi connectivity index (χ2n) is 4.78. The van der Waals surface area contributed by atoms with Crippen LogP contribution >= 0.6 is 11.3 Å². The van der Waals surface area contributed by atoms with Gasteiger partial charge in [0.1, 0.15) is 5.52 Å². The number of aromatic nitrogens is 1. The van der Waals surface area contributed by atoms with Gasteiger partial charge in [-0.25, -0.2) is 4.98 Å². The molecule has 1 aromatic heterocycles. The molecule has 96 valence electrons. The van der Waals surface area contributed by atoms with Gasteiger partial charge in [-0.2, -0.15) is 0 Å². The van der Waals surface area contributed by atoms with Crippen LogP contribution in [0, 0.1) is 5.92 Å². The van der Waals surface area contributed by atoms with Crippen molar-refractivity contribution in [2.45, 2.75) is 19.4 Å². The van der Waals surface area contributed by atoms with Crippen LogP contribution in [-0.4, -0.2) is 24.2 Å². The van der Waals surface area contributed by atoms with Gasteiger partial charge in [-0.05, 0) is 25.5 Å². The first-order valence-corrected chi connectivity index (χ1v) is 7.09. The molecule has 2 aromatic rings. The van der Waals surface area contributed by atoms with E-state index in [1.807, 2.05) is 11.6 Å². The summed E-state index contributed by atoms with van der Waals surface area (Å²) in [6.07, 6.45) is 1.12. The summed E-state index contributed by atoms with van der Waals surface area (Å²) in [5.41, 5.74) is 10.6. The minimum absolute atomic E-state index is 0.367. The van der Waals surface area contributed by atoms with E-state index in [1.54, 1.807) is 11.3 Å². The van der Waals surface area contributed by atoms with E-state index >= 15 is 0 Å². The molecule has 0 radical (unpaired) electrons. The zero-order valence-corrected chi connectivity index (χ0v) is 11.2. The molecule has 0 aliphatic carbocycles. The molecular weight excluding hydrogens is 246 g/mol. The van der Waals surface area contributed by atoms with Crippen molar-refractivity contribution in [1.82, 2.24) is 4.98 Å². The Morgan fingerprint density at radius 1 is 1.56 bits per heavy atom. The molecular formula is C13H17N3OS. The third-order valence-corrected chi connectivity index (χ3v) is 4.39. The van der Waals surface area contributed by atoms with Crippen molar-refractivity contribution in [3.8, 4) is 0 Å². The standard InChI is InChI=1S/C13H17N3OS/c1-8(9-4-5-17-6-9)16-10-2-3-11-13(12(10)14)15-7-18-11/h2-3,7-9,16H,4-6,14H2,1H3. The third-order valence-electron chi connectivity index (χ3n) is 3.60. The van der Waals surface area contributed by atoms with Gasteiger partial charge >= 0.3 is 0 Å². The highest BCUT2D eigenvalue weighted by molar-refractivity contribution is 7.16. The third kappa shape index (κ3) is 2.04. The number of nitrogens with two attached hydrogens (primary N) is 1. The summed E-state index contributed by atoms with van der Waals surface area (Å²) < 4.78 is 6.56. The van der Waals surface area contributed by atoms with Crippen molar-refractivity contribution in [2.75, 3.05) is 24.3 Å². The monoisotopic (exact) mass is 263 g/mol. The van der Waals surface area contributed by atoms with Crippen LogP contribution in [0.25, 0.3) is 10.2 Å². The van der Waals surface area contributed by atoms with E-state index in [0.717, 1.165) is 41.2 Å². The van der Waals surface area contributed by atoms with Gasteiger partial charge in [0.25, 0.3) is 0 Å². The van der Waals surface area contributed by atoms with Gasteiger partial charge in [-0.15, -0.1) is 11.3 Å². The Labute approximate surface area is 110 Å². The molecule has 4 nitrogen and oxygen atoms in total. The summed E-state index contributed by atoms with van der Waals surface area (Å²) in [5, 5.41) is 3.49. The maximum absolute atomic E-state index is 6.16. The van der Waals surface area contributed by atoms with E-state index in [-0.39, 0.29) is 0 Å². The number of nitrogens with one attached hydrogen (secondary N) is 1. The lowest BCUT2D eigenvalue weighted by Gasteiger charge is -2.21. The van der Waals surface area contributed by atoms with E-state index in [9.17, 15) is 0 Å². The van der Waals surface area contributed by atoms with Gasteiger partial charge < -0.3 is 15.8 Å². The normalized spacial score (nSPS) is 21.3. The van der Waals surface area contributed by atoms with Crippen LogP contribution in [0.2, 0.25) is 0 Å². The predicted molar refractivity (Wildman–Crippen MR) is 76.0 cm³/mol. The van der Waals surface area contributed by atoms with Crippen molar-refractivity contribution >= 4 is 32.9 Å². The van der Waals surface area contributed by atoms with Gasteiger partial charge in [-0.3, -0.25) is 0 Å². The first-order valence-electron chi connectivity index (χ1n) is 6.21. The van der Waals surface area contributed by atoms with E-state index < -0.39 is 0 Å². The van der Waals surface area contributed by atoms with E-state index in [1.165, 1.54) is 0 Å². The molecule has 0 saturated carbocycles. The lowest BCUT2D eigenvalue weighted by atomic mass is 10.0. The Bertz CT molecular complexity index is 548. The number of ether oxygens (including phenoxy) is 1. The molecule has 1 saturated heterocycles. The van der Waals surface area contributed by atoms with Crippen molar-refractivity contribution in [2.24, 2.45) is 5.92 Å². The Morgan fingerprint density at radius 3 is 3.22 bits per heavy atom. The number of thiazole rings is 1. The summed E-state index contributed by atoms with van der Waals surface area (Å²) in [6.45, 7) is 3.90. The lowest BCUT2D eigenvalue weighted by Crippen LogP contribution is -2.26. The predicted octanol–water partition coefficient (Wildman–Crippen LogP) is 2.72. The molecule has 3 N–H and O–H groups in total. The van der Waals surface area contributed by atoms with Crippen LogP contribution < -0.4 is 11.1 Å². The molecule has 0 amide bonds. The SMILES string of the molecule is CC(Nc1ccc2scnc2c1N)C1CCOC1. The van der Waals surface area contributed by atoms with E-state index in [2.05, 4.69) is 23.3 Å². The zero-order valence-electron chi connectivity index (χ0n) is 10.3. The zero-order chi connectivity index (χ0) is 12.5. The first kappa shape index (κ1) is 11.7. The molecule has 2 atom stereocenters. The Balaban J connectivity index is 1.83. The lowest BCUT2D eigenvalue weighted by molar-refractivity contribution is 0.183. The van der Waals surface area contributed by atoms with Crippen LogP contribution in [-0.2, 0) is 4.74 Å². The molecule has 2 unspecified atom stereocenters. The molecule has 1 aromatic carbocycles. The Morgan fingerprint density at radius 2 is 2.44 bits per heavy atom. The molecule has 1 aliphatic rings. The average Bonchev–Trinajstić information content (AvgIpc) is 3.02. The van der Waals surface area contributed by atoms with E-state index in [4.69, 9.17) is 10.5 Å². The number of hydrogen-bond donors (Lipinski definition) is 2. The van der Waals surface area contributed by atoms with Crippen molar-refractivity contribution in [3.05, 3.63) is 17.6 Å². The van der Waals surface area contributed by atoms with Crippen molar-refractivity contribution in [1.29, 1.82) is 0 Å². The summed E-state index contributed by atoms with van der Waals surface area (Å²) in [4.78, 5) is 4.31. The topological polar surface area (TPSA) is 60.2 Å². The van der Waals surface area contributed by atoms with Crippen LogP contribution in [0.3, 0.4) is 0 Å². The highest BCUT2D eigenvalue weighted by Gasteiger charge is 2.22. The number of fused-ring (bicyclic) bond motifs is 1. The number of rotatable bonds is 3. The molecule has 18 heavy (non-hydrogen) atoms. The van der Waals surface area contributed by atoms with Gasteiger partial charge in [0.2, 0.25) is 0 Å². The summed E-state index contributed by atoms with van der Waals surface area (Å²) in [5.74, 6) is 0.565. The maximum atomic E-state index is 6.16. The van der Waals surface area contributed by atoms with Crippen LogP contribution in [0.4, 0.5) is 11.4 Å². The largest absolute Gasteiger partial charge is 0.395 e. The van der Waals surface area contributed by atoms with Crippen LogP contribution in [0.5, 0.6) is 0 Å². The van der Waals surface area contributed by atoms with Gasteiger partial charge in [0.05, 0.1) is 28.2 Å². The van der Waals surface area contributed by atoms with Gasteiger partial charge in [0.15, 0.2) is 0 Å². The minimum atomic E-state index is 0.367. The van der Waals surface area contributed by atoms with Crippen molar-refractivity contribution in [3.63, 3.8) is 0 Å². The average molecular weight is 263 g/mol. The van der Waals surface area contributed by atoms with E-state index in [0.29, 0.717) is 12.0 Å². The van der Waals surface area contributed by atoms with Gasteiger partial charge in [0, 0.05) is 18.6 Å². The second kappa shape index (κ2) is 4.74. The fourth-order valence-corrected chi connectivity index (χ4v) is 3.08. The van der Waals surface area contributed by atoms with Crippen LogP contribution in [0.15, 0.2) is 17.6 Å². The quantitative estimate of drug-likeness (QED) is 0.836. The minimum Gasteiger partial charge on any atom is -0.395 e. The highest BCUT2D eigenvalue weighted by atomic mass is 32.1. The molecule has 2 heterocycles. The smallest absolute Gasteiger partial charge is 0.106 e. The number of benzene rings is 1. The fraction of sp³-hybridized carbons (Fsp3) is 0.462. The van der Waals surface area contributed by atoms with Crippen LogP contribution in [0.1, 0.15) is 13.3 Å². The molecule has 5 heteroatoms. The number of anilines is 2. The molecule has 3 rings (SSSR count). The molecule has 0 bridgehead atoms. The Hall–Kier alpha value is -1.33. The Kier molecular flexibility index (Phi) is 3.09. The molecule has 1 aliphatic heterocycles. The number of nitrogens with zero attached hydrogens (tertiary/aromatic N) is 1. The number of nitrogen functional groups attached to an aromatic ring is 1. The summed E-state index contributed by atoms with van der Waals surface area (Å²) >= 11 is 1.62. The van der Waals surface area contributed by atoms with Gasteiger partial charge in [-0.1, -0.05) is 0 Å². The summed E-state index contributed by atoms with van der Waals surface area (Å²) in [7, 11) is 0. The fourth-order valence-electron chi connectivity index (χ4n) is 2.39. The maximum Gasteiger partial charge on any atom is 0.106 e. The number of hydrogen-bond acceptors (Lipinski definition) is 5.